The van der Waals surface area contributed by atoms with Gasteiger partial charge in [0.15, 0.2) is 5.43 Å². The summed E-state index contributed by atoms with van der Waals surface area (Å²) >= 11 is 6.07. The summed E-state index contributed by atoms with van der Waals surface area (Å²) in [6.45, 7) is 0.218. The van der Waals surface area contributed by atoms with Gasteiger partial charge in [0.25, 0.3) is 5.91 Å². The molecule has 0 aliphatic carbocycles. The van der Waals surface area contributed by atoms with Crippen molar-refractivity contribution in [3.05, 3.63) is 111 Å². The van der Waals surface area contributed by atoms with E-state index in [1.807, 2.05) is 6.07 Å². The van der Waals surface area contributed by atoms with Gasteiger partial charge in [0.1, 0.15) is 11.4 Å². The predicted molar refractivity (Wildman–Crippen MR) is 110 cm³/mol. The average molecular weight is 421 g/mol. The third-order valence-electron chi connectivity index (χ3n) is 5.19. The Morgan fingerprint density at radius 3 is 2.63 bits per heavy atom. The minimum Gasteiger partial charge on any atom is -0.450 e. The number of halogens is 2. The van der Waals surface area contributed by atoms with Crippen molar-refractivity contribution >= 4 is 28.5 Å². The van der Waals surface area contributed by atoms with Crippen LogP contribution < -0.4 is 5.43 Å². The Labute approximate surface area is 175 Å². The zero-order valence-corrected chi connectivity index (χ0v) is 16.3. The van der Waals surface area contributed by atoms with Crippen molar-refractivity contribution in [2.24, 2.45) is 0 Å². The van der Waals surface area contributed by atoms with E-state index in [9.17, 15) is 14.0 Å². The molecule has 0 radical (unpaired) electrons. The van der Waals surface area contributed by atoms with Crippen molar-refractivity contribution in [3.8, 4) is 0 Å². The molecule has 0 bridgehead atoms. The number of nitrogens with zero attached hydrogens (tertiary/aromatic N) is 2. The quantitative estimate of drug-likeness (QED) is 0.481. The fraction of sp³-hybridized carbons (Fsp3) is 0.0870. The summed E-state index contributed by atoms with van der Waals surface area (Å²) in [5.74, 6) is -0.815. The first kappa shape index (κ1) is 18.5. The van der Waals surface area contributed by atoms with Crippen LogP contribution in [0, 0.1) is 5.82 Å². The molecule has 0 fully saturated rings. The van der Waals surface area contributed by atoms with Crippen LogP contribution in [-0.4, -0.2) is 15.8 Å². The largest absolute Gasteiger partial charge is 0.450 e. The SMILES string of the molecule is O=C1c2oc3ccc(Cl)cc3c(=O)c2[C@H](c2ccc(F)cc2)N1Cc1cccnc1. The van der Waals surface area contributed by atoms with E-state index >= 15 is 0 Å². The van der Waals surface area contributed by atoms with Gasteiger partial charge in [-0.25, -0.2) is 4.39 Å². The molecule has 4 aromatic rings. The topological polar surface area (TPSA) is 63.4 Å². The second-order valence-electron chi connectivity index (χ2n) is 7.06. The van der Waals surface area contributed by atoms with E-state index < -0.39 is 17.8 Å². The molecule has 1 aliphatic heterocycles. The Hall–Kier alpha value is -3.51. The number of benzene rings is 2. The van der Waals surface area contributed by atoms with Crippen LogP contribution in [0.4, 0.5) is 4.39 Å². The van der Waals surface area contributed by atoms with E-state index in [2.05, 4.69) is 4.98 Å². The van der Waals surface area contributed by atoms with Gasteiger partial charge in [-0.3, -0.25) is 14.6 Å². The minimum atomic E-state index is -0.715. The van der Waals surface area contributed by atoms with Crippen LogP contribution in [0.1, 0.15) is 33.3 Å². The van der Waals surface area contributed by atoms with Crippen molar-refractivity contribution in [2.45, 2.75) is 12.6 Å². The summed E-state index contributed by atoms with van der Waals surface area (Å²) in [4.78, 5) is 32.3. The molecule has 0 saturated heterocycles. The lowest BCUT2D eigenvalue weighted by Gasteiger charge is -2.25. The van der Waals surface area contributed by atoms with Crippen LogP contribution in [0.25, 0.3) is 11.0 Å². The number of hydrogen-bond donors (Lipinski definition) is 0. The minimum absolute atomic E-state index is 0.00645. The highest BCUT2D eigenvalue weighted by molar-refractivity contribution is 6.31. The molecule has 0 saturated carbocycles. The molecule has 0 spiro atoms. The maximum Gasteiger partial charge on any atom is 0.291 e. The van der Waals surface area contributed by atoms with E-state index in [0.29, 0.717) is 16.0 Å². The molecule has 0 unspecified atom stereocenters. The zero-order valence-electron chi connectivity index (χ0n) is 15.5. The average Bonchev–Trinajstić information content (AvgIpc) is 3.02. The second-order valence-corrected chi connectivity index (χ2v) is 7.50. The van der Waals surface area contributed by atoms with Gasteiger partial charge in [-0.2, -0.15) is 0 Å². The molecule has 148 valence electrons. The lowest BCUT2D eigenvalue weighted by Crippen LogP contribution is -2.29. The van der Waals surface area contributed by atoms with E-state index in [4.69, 9.17) is 16.0 Å². The fourth-order valence-corrected chi connectivity index (χ4v) is 4.01. The molecular formula is C23H14ClFN2O3. The second kappa shape index (κ2) is 7.07. The van der Waals surface area contributed by atoms with Gasteiger partial charge < -0.3 is 9.32 Å². The Morgan fingerprint density at radius 1 is 1.10 bits per heavy atom. The maximum absolute atomic E-state index is 13.5. The van der Waals surface area contributed by atoms with Crippen LogP contribution >= 0.6 is 11.6 Å². The predicted octanol–water partition coefficient (Wildman–Crippen LogP) is 4.73. The number of hydrogen-bond acceptors (Lipinski definition) is 4. The van der Waals surface area contributed by atoms with Gasteiger partial charge in [-0.1, -0.05) is 29.8 Å². The van der Waals surface area contributed by atoms with Crippen molar-refractivity contribution in [1.29, 1.82) is 0 Å². The first-order valence-electron chi connectivity index (χ1n) is 9.24. The Kier molecular flexibility index (Phi) is 4.37. The van der Waals surface area contributed by atoms with Crippen LogP contribution in [0.5, 0.6) is 0 Å². The Balaban J connectivity index is 1.74. The number of carbonyl (C=O) groups is 1. The summed E-state index contributed by atoms with van der Waals surface area (Å²) in [6, 6.07) is 13.4. The molecule has 0 N–H and O–H groups in total. The number of aromatic nitrogens is 1. The van der Waals surface area contributed by atoms with E-state index in [0.717, 1.165) is 5.56 Å². The zero-order chi connectivity index (χ0) is 20.8. The number of carbonyl (C=O) groups excluding carboxylic acids is 1. The summed E-state index contributed by atoms with van der Waals surface area (Å²) in [6.07, 6.45) is 3.30. The molecule has 30 heavy (non-hydrogen) atoms. The first-order valence-corrected chi connectivity index (χ1v) is 9.62. The first-order chi connectivity index (χ1) is 14.5. The third kappa shape index (κ3) is 2.97. The highest BCUT2D eigenvalue weighted by Gasteiger charge is 2.42. The molecule has 5 nitrogen and oxygen atoms in total. The standard InChI is InChI=1S/C23H14ClFN2O3/c24-15-5-8-18-17(10-15)21(28)19-20(14-3-6-16(25)7-4-14)27(23(29)22(19)30-18)12-13-2-1-9-26-11-13/h1-11,20H,12H2/t20-/m0/s1. The van der Waals surface area contributed by atoms with E-state index in [1.165, 1.54) is 18.2 Å². The lowest BCUT2D eigenvalue weighted by atomic mass is 9.98. The van der Waals surface area contributed by atoms with Crippen molar-refractivity contribution in [2.75, 3.05) is 0 Å². The summed E-state index contributed by atoms with van der Waals surface area (Å²) in [5.41, 5.74) is 1.60. The van der Waals surface area contributed by atoms with Gasteiger partial charge in [0.05, 0.1) is 17.0 Å². The smallest absolute Gasteiger partial charge is 0.291 e. The van der Waals surface area contributed by atoms with Crippen molar-refractivity contribution < 1.29 is 13.6 Å². The summed E-state index contributed by atoms with van der Waals surface area (Å²) in [7, 11) is 0. The fourth-order valence-electron chi connectivity index (χ4n) is 3.84. The summed E-state index contributed by atoms with van der Waals surface area (Å²) < 4.78 is 19.4. The van der Waals surface area contributed by atoms with E-state index in [1.54, 1.807) is 47.6 Å². The molecule has 1 aliphatic rings. The number of amides is 1. The molecule has 3 heterocycles. The van der Waals surface area contributed by atoms with Crippen LogP contribution in [0.3, 0.4) is 0 Å². The highest BCUT2D eigenvalue weighted by Crippen LogP contribution is 2.39. The third-order valence-corrected chi connectivity index (χ3v) is 5.42. The van der Waals surface area contributed by atoms with E-state index in [-0.39, 0.29) is 28.9 Å². The van der Waals surface area contributed by atoms with Crippen LogP contribution in [0.15, 0.2) is 76.2 Å². The molecule has 7 heteroatoms. The Morgan fingerprint density at radius 2 is 1.90 bits per heavy atom. The maximum atomic E-state index is 13.5. The van der Waals surface area contributed by atoms with Crippen LogP contribution in [0.2, 0.25) is 5.02 Å². The van der Waals surface area contributed by atoms with Gasteiger partial charge in [-0.15, -0.1) is 0 Å². The highest BCUT2D eigenvalue weighted by atomic mass is 35.5. The number of rotatable bonds is 3. The molecule has 5 rings (SSSR count). The molecule has 2 aromatic heterocycles. The van der Waals surface area contributed by atoms with Crippen molar-refractivity contribution in [1.82, 2.24) is 9.88 Å². The summed E-state index contributed by atoms with van der Waals surface area (Å²) in [5, 5.41) is 0.689. The molecule has 1 amide bonds. The normalized spacial score (nSPS) is 15.6. The lowest BCUT2D eigenvalue weighted by molar-refractivity contribution is 0.0714. The van der Waals surface area contributed by atoms with Gasteiger partial charge in [0.2, 0.25) is 5.76 Å². The van der Waals surface area contributed by atoms with Crippen LogP contribution in [-0.2, 0) is 6.54 Å². The molecule has 2 aromatic carbocycles. The van der Waals surface area contributed by atoms with Gasteiger partial charge >= 0.3 is 0 Å². The van der Waals surface area contributed by atoms with Crippen molar-refractivity contribution in [3.63, 3.8) is 0 Å². The van der Waals surface area contributed by atoms with Gasteiger partial charge in [0, 0.05) is 24.0 Å². The number of fused-ring (bicyclic) bond motifs is 2. The van der Waals surface area contributed by atoms with Gasteiger partial charge in [-0.05, 0) is 47.5 Å². The molecule has 1 atom stereocenters. The monoisotopic (exact) mass is 420 g/mol. The number of pyridine rings is 1. The molecular weight excluding hydrogens is 407 g/mol. The Bertz CT molecular complexity index is 1340.